The van der Waals surface area contributed by atoms with Gasteiger partial charge in [-0.2, -0.15) is 0 Å². The summed E-state index contributed by atoms with van der Waals surface area (Å²) in [6, 6.07) is 9.59. The van der Waals surface area contributed by atoms with E-state index in [-0.39, 0.29) is 13.2 Å². The largest absolute Gasteiger partial charge is 0.399 e. The molecular formula is C16H24N4O4. The molecule has 0 aromatic heterocycles. The molecule has 0 saturated heterocycles. The van der Waals surface area contributed by atoms with Crippen LogP contribution in [-0.2, 0) is 0 Å². The fraction of sp³-hybridized carbons (Fsp3) is 0.250. The van der Waals surface area contributed by atoms with E-state index in [9.17, 15) is 10.2 Å². The Hall–Kier alpha value is -2.52. The molecule has 8 heteroatoms. The predicted molar refractivity (Wildman–Crippen MR) is 94.6 cm³/mol. The number of rotatable bonds is 4. The molecule has 2 aromatic rings. The Bertz CT molecular complexity index is 609. The Morgan fingerprint density at radius 1 is 0.667 bits per heavy atom. The van der Waals surface area contributed by atoms with Crippen LogP contribution in [0, 0.1) is 0 Å². The van der Waals surface area contributed by atoms with E-state index in [1.54, 1.807) is 36.4 Å². The van der Waals surface area contributed by atoms with Gasteiger partial charge in [0.2, 0.25) is 0 Å². The quantitative estimate of drug-likeness (QED) is 0.351. The van der Waals surface area contributed by atoms with Crippen molar-refractivity contribution in [2.75, 3.05) is 36.1 Å². The van der Waals surface area contributed by atoms with Gasteiger partial charge in [-0.15, -0.1) is 0 Å². The lowest BCUT2D eigenvalue weighted by atomic mass is 10.1. The van der Waals surface area contributed by atoms with E-state index in [1.807, 2.05) is 0 Å². The molecule has 8 nitrogen and oxygen atoms in total. The highest BCUT2D eigenvalue weighted by molar-refractivity contribution is 5.56. The molecule has 2 unspecified atom stereocenters. The van der Waals surface area contributed by atoms with Gasteiger partial charge in [-0.25, -0.2) is 0 Å². The molecule has 0 saturated carbocycles. The van der Waals surface area contributed by atoms with Crippen LogP contribution >= 0.6 is 0 Å². The Balaban J connectivity index is 0.000000240. The zero-order valence-electron chi connectivity index (χ0n) is 13.1. The lowest BCUT2D eigenvalue weighted by Gasteiger charge is -2.10. The minimum Gasteiger partial charge on any atom is -0.399 e. The van der Waals surface area contributed by atoms with Crippen molar-refractivity contribution in [2.24, 2.45) is 0 Å². The lowest BCUT2D eigenvalue weighted by molar-refractivity contribution is 0.0962. The van der Waals surface area contributed by atoms with Crippen molar-refractivity contribution in [3.63, 3.8) is 0 Å². The van der Waals surface area contributed by atoms with Crippen molar-refractivity contribution in [3.05, 3.63) is 47.5 Å². The molecule has 12 N–H and O–H groups in total. The molecule has 0 aliphatic carbocycles. The van der Waals surface area contributed by atoms with Gasteiger partial charge in [-0.3, -0.25) is 0 Å². The van der Waals surface area contributed by atoms with Gasteiger partial charge in [0.05, 0.1) is 13.2 Å². The fourth-order valence-corrected chi connectivity index (χ4v) is 1.96. The first kappa shape index (κ1) is 19.5. The van der Waals surface area contributed by atoms with E-state index in [0.29, 0.717) is 33.9 Å². The zero-order chi connectivity index (χ0) is 18.3. The number of aliphatic hydroxyl groups is 4. The molecule has 0 fully saturated rings. The third-order valence-corrected chi connectivity index (χ3v) is 3.29. The van der Waals surface area contributed by atoms with E-state index >= 15 is 0 Å². The van der Waals surface area contributed by atoms with Gasteiger partial charge >= 0.3 is 0 Å². The molecule has 0 bridgehead atoms. The van der Waals surface area contributed by atoms with E-state index in [0.717, 1.165) is 0 Å². The van der Waals surface area contributed by atoms with Crippen LogP contribution in [0.5, 0.6) is 0 Å². The van der Waals surface area contributed by atoms with Crippen LogP contribution in [0.1, 0.15) is 23.3 Å². The van der Waals surface area contributed by atoms with Crippen LogP contribution in [0.4, 0.5) is 22.7 Å². The number of nitrogen functional groups attached to an aromatic ring is 4. The maximum absolute atomic E-state index is 9.25. The van der Waals surface area contributed by atoms with Crippen LogP contribution < -0.4 is 22.9 Å². The summed E-state index contributed by atoms with van der Waals surface area (Å²) in [5.74, 6) is 0. The molecule has 0 heterocycles. The highest BCUT2D eigenvalue weighted by atomic mass is 16.3. The van der Waals surface area contributed by atoms with Crippen molar-refractivity contribution in [3.8, 4) is 0 Å². The van der Waals surface area contributed by atoms with Crippen LogP contribution in [0.15, 0.2) is 36.4 Å². The van der Waals surface area contributed by atoms with Gasteiger partial charge in [0, 0.05) is 33.9 Å². The van der Waals surface area contributed by atoms with E-state index in [4.69, 9.17) is 33.1 Å². The van der Waals surface area contributed by atoms with Crippen molar-refractivity contribution in [1.29, 1.82) is 0 Å². The van der Waals surface area contributed by atoms with Crippen molar-refractivity contribution >= 4 is 22.7 Å². The van der Waals surface area contributed by atoms with Gasteiger partial charge in [-0.1, -0.05) is 0 Å². The van der Waals surface area contributed by atoms with Gasteiger partial charge in [0.1, 0.15) is 12.2 Å². The molecule has 0 radical (unpaired) electrons. The first-order valence-electron chi connectivity index (χ1n) is 7.17. The number of nitrogens with two attached hydrogens (primary N) is 4. The van der Waals surface area contributed by atoms with E-state index in [1.165, 1.54) is 0 Å². The second-order valence-electron chi connectivity index (χ2n) is 5.17. The van der Waals surface area contributed by atoms with E-state index < -0.39 is 12.2 Å². The summed E-state index contributed by atoms with van der Waals surface area (Å²) < 4.78 is 0. The summed E-state index contributed by atoms with van der Waals surface area (Å²) in [5, 5.41) is 35.8. The second-order valence-corrected chi connectivity index (χ2v) is 5.17. The Morgan fingerprint density at radius 2 is 1.00 bits per heavy atom. The molecular weight excluding hydrogens is 312 g/mol. The third kappa shape index (κ3) is 5.28. The van der Waals surface area contributed by atoms with Crippen LogP contribution in [-0.4, -0.2) is 33.6 Å². The minimum atomic E-state index is -0.950. The third-order valence-electron chi connectivity index (χ3n) is 3.29. The molecule has 132 valence electrons. The summed E-state index contributed by atoms with van der Waals surface area (Å²) in [6.07, 6.45) is -1.90. The summed E-state index contributed by atoms with van der Waals surface area (Å²) in [6.45, 7) is -0.707. The van der Waals surface area contributed by atoms with Gasteiger partial charge in [-0.05, 0) is 36.4 Å². The lowest BCUT2D eigenvalue weighted by Crippen LogP contribution is -2.06. The van der Waals surface area contributed by atoms with Crippen LogP contribution in [0.3, 0.4) is 0 Å². The highest BCUT2D eigenvalue weighted by Crippen LogP contribution is 2.23. The normalized spacial score (nSPS) is 12.8. The number of hydrogen-bond acceptors (Lipinski definition) is 8. The van der Waals surface area contributed by atoms with Gasteiger partial charge in [0.25, 0.3) is 0 Å². The zero-order valence-corrected chi connectivity index (χ0v) is 13.1. The Labute approximate surface area is 139 Å². The van der Waals surface area contributed by atoms with Crippen molar-refractivity contribution in [2.45, 2.75) is 12.2 Å². The van der Waals surface area contributed by atoms with Crippen molar-refractivity contribution in [1.82, 2.24) is 0 Å². The number of hydrogen-bond donors (Lipinski definition) is 8. The second kappa shape index (κ2) is 8.94. The van der Waals surface area contributed by atoms with Gasteiger partial charge in [0.15, 0.2) is 0 Å². The molecule has 0 amide bonds. The number of aliphatic hydroxyl groups excluding tert-OH is 4. The summed E-state index contributed by atoms with van der Waals surface area (Å²) in [7, 11) is 0. The van der Waals surface area contributed by atoms with Crippen molar-refractivity contribution < 1.29 is 20.4 Å². The molecule has 0 aliphatic heterocycles. The average molecular weight is 336 g/mol. The maximum Gasteiger partial charge on any atom is 0.104 e. The summed E-state index contributed by atoms with van der Waals surface area (Å²) in [4.78, 5) is 0. The minimum absolute atomic E-state index is 0.354. The maximum atomic E-state index is 9.25. The van der Waals surface area contributed by atoms with Crippen LogP contribution in [0.25, 0.3) is 0 Å². The molecule has 0 spiro atoms. The molecule has 2 atom stereocenters. The SMILES string of the molecule is Nc1ccc(N)c(C(O)CO)c1.Nc1ccc(N)c(C(O)CO)c1. The van der Waals surface area contributed by atoms with Gasteiger partial charge < -0.3 is 43.4 Å². The fourth-order valence-electron chi connectivity index (χ4n) is 1.96. The molecule has 2 aromatic carbocycles. The molecule has 2 rings (SSSR count). The van der Waals surface area contributed by atoms with Crippen LogP contribution in [0.2, 0.25) is 0 Å². The smallest absolute Gasteiger partial charge is 0.104 e. The first-order chi connectivity index (χ1) is 11.3. The summed E-state index contributed by atoms with van der Waals surface area (Å²) in [5.41, 5.74) is 24.9. The predicted octanol–water partition coefficient (Wildman–Crippen LogP) is -0.247. The average Bonchev–Trinajstić information content (AvgIpc) is 2.58. The first-order valence-corrected chi connectivity index (χ1v) is 7.17. The summed E-state index contributed by atoms with van der Waals surface area (Å²) >= 11 is 0. The standard InChI is InChI=1S/2C8H12N2O2/c2*9-5-1-2-7(10)6(3-5)8(12)4-11/h2*1-3,8,11-12H,4,9-10H2. The Morgan fingerprint density at radius 3 is 1.29 bits per heavy atom. The number of anilines is 4. The Kier molecular flexibility index (Phi) is 7.28. The molecule has 0 aliphatic rings. The molecule has 24 heavy (non-hydrogen) atoms. The topological polar surface area (TPSA) is 185 Å². The van der Waals surface area contributed by atoms with E-state index in [2.05, 4.69) is 0 Å². The highest BCUT2D eigenvalue weighted by Gasteiger charge is 2.10. The monoisotopic (exact) mass is 336 g/mol. The number of benzene rings is 2.